The standard InChI is InChI=1S/C17H20F3N7O2/c1-9-4-11(8-27(7-9)15-23-25-26-24-15)22-14(29)16(2-3-16)13-12(28)5-10(6-21-13)17(18,19)20/h5-6,9,11,28H,2-4,7-8H2,1H3,(H,22,29)(H,23,24,25,26)/t9-,11+/m0/s1. The number of carbonyl (C=O) groups is 1. The van der Waals surface area contributed by atoms with Gasteiger partial charge in [-0.25, -0.2) is 0 Å². The van der Waals surface area contributed by atoms with Gasteiger partial charge in [-0.2, -0.15) is 18.4 Å². The number of tetrazole rings is 1. The average Bonchev–Trinajstić information content (AvgIpc) is 3.26. The monoisotopic (exact) mass is 411 g/mol. The molecule has 1 saturated heterocycles. The molecule has 0 aromatic carbocycles. The summed E-state index contributed by atoms with van der Waals surface area (Å²) < 4.78 is 38.5. The van der Waals surface area contributed by atoms with Crippen LogP contribution in [0.15, 0.2) is 12.3 Å². The number of aromatic amines is 1. The Morgan fingerprint density at radius 2 is 2.14 bits per heavy atom. The van der Waals surface area contributed by atoms with Crippen LogP contribution < -0.4 is 10.2 Å². The van der Waals surface area contributed by atoms with Crippen molar-refractivity contribution in [3.8, 4) is 5.75 Å². The summed E-state index contributed by atoms with van der Waals surface area (Å²) >= 11 is 0. The summed E-state index contributed by atoms with van der Waals surface area (Å²) in [6.45, 7) is 3.25. The first kappa shape index (κ1) is 19.4. The molecular formula is C17H20F3N7O2. The SMILES string of the molecule is C[C@H]1C[C@@H](NC(=O)C2(c3ncc(C(F)(F)F)cc3O)CC2)CN(c2nn[nH]n2)C1. The fourth-order valence-corrected chi connectivity index (χ4v) is 3.91. The normalized spacial score (nSPS) is 23.7. The minimum Gasteiger partial charge on any atom is -0.506 e. The molecule has 0 bridgehead atoms. The number of carbonyl (C=O) groups excluding carboxylic acids is 1. The van der Waals surface area contributed by atoms with Crippen LogP contribution in [0.5, 0.6) is 5.75 Å². The predicted octanol–water partition coefficient (Wildman–Crippen LogP) is 1.38. The lowest BCUT2D eigenvalue weighted by molar-refractivity contribution is -0.138. The number of anilines is 1. The first-order valence-electron chi connectivity index (χ1n) is 9.25. The number of alkyl halides is 3. The number of halogens is 3. The Hall–Kier alpha value is -2.92. The molecule has 1 amide bonds. The lowest BCUT2D eigenvalue weighted by atomic mass is 9.94. The summed E-state index contributed by atoms with van der Waals surface area (Å²) in [5.74, 6) is -0.246. The van der Waals surface area contributed by atoms with E-state index in [1.807, 2.05) is 11.8 Å². The molecule has 0 radical (unpaired) electrons. The van der Waals surface area contributed by atoms with Crippen LogP contribution in [0.1, 0.15) is 37.4 Å². The van der Waals surface area contributed by atoms with Crippen LogP contribution in [-0.4, -0.2) is 55.8 Å². The Morgan fingerprint density at radius 3 is 2.72 bits per heavy atom. The molecule has 3 N–H and O–H groups in total. The smallest absolute Gasteiger partial charge is 0.418 e. The zero-order chi connectivity index (χ0) is 20.8. The molecule has 0 spiro atoms. The lowest BCUT2D eigenvalue weighted by Crippen LogP contribution is -2.52. The molecule has 2 aromatic rings. The van der Waals surface area contributed by atoms with Crippen molar-refractivity contribution in [2.75, 3.05) is 18.0 Å². The summed E-state index contributed by atoms with van der Waals surface area (Å²) in [5, 5.41) is 27.0. The first-order chi connectivity index (χ1) is 13.7. The second kappa shape index (κ2) is 6.85. The van der Waals surface area contributed by atoms with Crippen molar-refractivity contribution in [1.82, 2.24) is 30.9 Å². The van der Waals surface area contributed by atoms with E-state index >= 15 is 0 Å². The summed E-state index contributed by atoms with van der Waals surface area (Å²) in [6, 6.07) is 0.426. The fourth-order valence-electron chi connectivity index (χ4n) is 3.91. The number of piperidine rings is 1. The van der Waals surface area contributed by atoms with Gasteiger partial charge in [0, 0.05) is 25.3 Å². The fraction of sp³-hybridized carbons (Fsp3) is 0.588. The number of hydrogen-bond donors (Lipinski definition) is 3. The molecule has 3 heterocycles. The Balaban J connectivity index is 1.49. The molecule has 1 saturated carbocycles. The maximum Gasteiger partial charge on any atom is 0.418 e. The Morgan fingerprint density at radius 1 is 1.38 bits per heavy atom. The molecule has 1 aliphatic carbocycles. The van der Waals surface area contributed by atoms with Crippen molar-refractivity contribution >= 4 is 11.9 Å². The maximum absolute atomic E-state index is 13.0. The van der Waals surface area contributed by atoms with Crippen LogP contribution in [0.2, 0.25) is 0 Å². The van der Waals surface area contributed by atoms with E-state index in [1.54, 1.807) is 0 Å². The van der Waals surface area contributed by atoms with E-state index in [9.17, 15) is 23.1 Å². The van der Waals surface area contributed by atoms with Crippen molar-refractivity contribution in [1.29, 1.82) is 0 Å². The van der Waals surface area contributed by atoms with Crippen LogP contribution in [0.3, 0.4) is 0 Å². The highest BCUT2D eigenvalue weighted by Crippen LogP contribution is 2.51. The lowest BCUT2D eigenvalue weighted by Gasteiger charge is -2.36. The number of pyridine rings is 1. The van der Waals surface area contributed by atoms with Gasteiger partial charge in [-0.3, -0.25) is 9.78 Å². The molecule has 2 aromatic heterocycles. The van der Waals surface area contributed by atoms with Gasteiger partial charge >= 0.3 is 6.18 Å². The highest BCUT2D eigenvalue weighted by molar-refractivity contribution is 5.91. The molecule has 1 aliphatic heterocycles. The number of nitrogens with one attached hydrogen (secondary N) is 2. The minimum atomic E-state index is -4.61. The van der Waals surface area contributed by atoms with E-state index in [0.717, 1.165) is 13.0 Å². The quantitative estimate of drug-likeness (QED) is 0.695. The van der Waals surface area contributed by atoms with Crippen LogP contribution in [0, 0.1) is 5.92 Å². The third-order valence-corrected chi connectivity index (χ3v) is 5.44. The van der Waals surface area contributed by atoms with E-state index in [2.05, 4.69) is 30.9 Å². The molecule has 29 heavy (non-hydrogen) atoms. The van der Waals surface area contributed by atoms with Gasteiger partial charge in [-0.15, -0.1) is 5.10 Å². The Labute approximate surface area is 163 Å². The molecule has 2 atom stereocenters. The Bertz CT molecular complexity index is 899. The number of H-pyrrole nitrogens is 1. The number of amides is 1. The van der Waals surface area contributed by atoms with Gasteiger partial charge in [-0.05, 0) is 36.5 Å². The third kappa shape index (κ3) is 3.70. The van der Waals surface area contributed by atoms with E-state index in [-0.39, 0.29) is 23.6 Å². The van der Waals surface area contributed by atoms with E-state index in [4.69, 9.17) is 0 Å². The van der Waals surface area contributed by atoms with Crippen molar-refractivity contribution in [2.45, 2.75) is 43.8 Å². The molecule has 2 fully saturated rings. The topological polar surface area (TPSA) is 120 Å². The van der Waals surface area contributed by atoms with Gasteiger partial charge in [0.2, 0.25) is 5.91 Å². The van der Waals surface area contributed by atoms with E-state index in [1.165, 1.54) is 0 Å². The zero-order valence-corrected chi connectivity index (χ0v) is 15.6. The highest BCUT2D eigenvalue weighted by Gasteiger charge is 2.55. The second-order valence-corrected chi connectivity index (χ2v) is 7.80. The van der Waals surface area contributed by atoms with Crippen LogP contribution in [0.4, 0.5) is 19.1 Å². The predicted molar refractivity (Wildman–Crippen MR) is 93.9 cm³/mol. The largest absolute Gasteiger partial charge is 0.506 e. The summed E-state index contributed by atoms with van der Waals surface area (Å²) in [6.07, 6.45) is -2.38. The van der Waals surface area contributed by atoms with Crippen molar-refractivity contribution in [2.24, 2.45) is 5.92 Å². The van der Waals surface area contributed by atoms with Crippen LogP contribution in [-0.2, 0) is 16.4 Å². The molecule has 0 unspecified atom stereocenters. The van der Waals surface area contributed by atoms with Crippen molar-refractivity contribution < 1.29 is 23.1 Å². The highest BCUT2D eigenvalue weighted by atomic mass is 19.4. The van der Waals surface area contributed by atoms with Gasteiger partial charge in [0.05, 0.1) is 16.7 Å². The number of aromatic hydroxyl groups is 1. The molecule has 2 aliphatic rings. The Kier molecular flexibility index (Phi) is 4.58. The minimum absolute atomic E-state index is 0.0121. The third-order valence-electron chi connectivity index (χ3n) is 5.44. The first-order valence-corrected chi connectivity index (χ1v) is 9.25. The van der Waals surface area contributed by atoms with Gasteiger partial charge < -0.3 is 15.3 Å². The van der Waals surface area contributed by atoms with Crippen molar-refractivity contribution in [3.63, 3.8) is 0 Å². The molecule has 156 valence electrons. The van der Waals surface area contributed by atoms with Gasteiger partial charge in [0.25, 0.3) is 5.95 Å². The molecule has 12 heteroatoms. The maximum atomic E-state index is 13.0. The van der Waals surface area contributed by atoms with Gasteiger partial charge in [0.1, 0.15) is 5.75 Å². The van der Waals surface area contributed by atoms with Gasteiger partial charge in [-0.1, -0.05) is 12.0 Å². The summed E-state index contributed by atoms with van der Waals surface area (Å²) in [5.41, 5.74) is -2.15. The number of aromatic nitrogens is 5. The summed E-state index contributed by atoms with van der Waals surface area (Å²) in [7, 11) is 0. The molecule has 9 nitrogen and oxygen atoms in total. The number of hydrogen-bond acceptors (Lipinski definition) is 7. The average molecular weight is 411 g/mol. The zero-order valence-electron chi connectivity index (χ0n) is 15.6. The molecule has 4 rings (SSSR count). The summed E-state index contributed by atoms with van der Waals surface area (Å²) in [4.78, 5) is 18.7. The molecular weight excluding hydrogens is 391 g/mol. The number of nitrogens with zero attached hydrogens (tertiary/aromatic N) is 5. The second-order valence-electron chi connectivity index (χ2n) is 7.80. The van der Waals surface area contributed by atoms with Gasteiger partial charge in [0.15, 0.2) is 0 Å². The number of rotatable bonds is 4. The van der Waals surface area contributed by atoms with Crippen molar-refractivity contribution in [3.05, 3.63) is 23.5 Å². The van der Waals surface area contributed by atoms with Crippen LogP contribution in [0.25, 0.3) is 0 Å². The van der Waals surface area contributed by atoms with E-state index in [0.29, 0.717) is 37.6 Å². The van der Waals surface area contributed by atoms with Crippen LogP contribution >= 0.6 is 0 Å². The van der Waals surface area contributed by atoms with E-state index < -0.39 is 22.9 Å².